The standard InChI is InChI=1S/C22H18N4O2/c1-14-3-8-21-20(11-14)25(22(27)28-21)13-16-4-6-17(7-5-16)26-15(2)24-18-12-23-10-9-19(18)26/h3-12H,13H2,1-2H3. The van der Waals surface area contributed by atoms with E-state index in [-0.39, 0.29) is 5.76 Å². The first kappa shape index (κ1) is 16.5. The third kappa shape index (κ3) is 2.62. The van der Waals surface area contributed by atoms with Crippen molar-refractivity contribution in [2.24, 2.45) is 0 Å². The molecule has 0 aliphatic carbocycles. The summed E-state index contributed by atoms with van der Waals surface area (Å²) in [5.74, 6) is 0.567. The quantitative estimate of drug-likeness (QED) is 0.482. The van der Waals surface area contributed by atoms with E-state index in [1.54, 1.807) is 17.0 Å². The number of imidazole rings is 1. The molecule has 0 aliphatic heterocycles. The number of aromatic nitrogens is 4. The zero-order valence-corrected chi connectivity index (χ0v) is 15.6. The van der Waals surface area contributed by atoms with Gasteiger partial charge in [-0.1, -0.05) is 18.2 Å². The molecule has 0 radical (unpaired) electrons. The second kappa shape index (κ2) is 6.20. The predicted octanol–water partition coefficient (Wildman–Crippen LogP) is 3.99. The van der Waals surface area contributed by atoms with Gasteiger partial charge in [0.1, 0.15) is 11.3 Å². The minimum atomic E-state index is -0.339. The molecular weight excluding hydrogens is 352 g/mol. The molecule has 6 nitrogen and oxygen atoms in total. The van der Waals surface area contributed by atoms with Crippen molar-refractivity contribution in [1.82, 2.24) is 19.1 Å². The third-order valence-corrected chi connectivity index (χ3v) is 4.98. The van der Waals surface area contributed by atoms with E-state index in [2.05, 4.69) is 14.5 Å². The van der Waals surface area contributed by atoms with Crippen LogP contribution in [0.2, 0.25) is 0 Å². The van der Waals surface area contributed by atoms with Crippen molar-refractivity contribution in [2.75, 3.05) is 0 Å². The van der Waals surface area contributed by atoms with Crippen LogP contribution in [0.25, 0.3) is 27.8 Å². The van der Waals surface area contributed by atoms with Gasteiger partial charge in [-0.3, -0.25) is 14.1 Å². The average Bonchev–Trinajstić information content (AvgIpc) is 3.18. The lowest BCUT2D eigenvalue weighted by molar-refractivity contribution is 0.517. The van der Waals surface area contributed by atoms with Gasteiger partial charge < -0.3 is 4.42 Å². The topological polar surface area (TPSA) is 65.8 Å². The highest BCUT2D eigenvalue weighted by Gasteiger charge is 2.11. The molecule has 5 aromatic rings. The van der Waals surface area contributed by atoms with Crippen molar-refractivity contribution in [3.63, 3.8) is 0 Å². The maximum atomic E-state index is 12.3. The smallest absolute Gasteiger partial charge is 0.408 e. The summed E-state index contributed by atoms with van der Waals surface area (Å²) in [6.07, 6.45) is 3.54. The monoisotopic (exact) mass is 370 g/mol. The van der Waals surface area contributed by atoms with E-state index in [4.69, 9.17) is 4.42 Å². The Hall–Kier alpha value is -3.67. The van der Waals surface area contributed by atoms with Crippen LogP contribution in [0.1, 0.15) is 17.0 Å². The van der Waals surface area contributed by atoms with Crippen molar-refractivity contribution in [3.8, 4) is 5.69 Å². The van der Waals surface area contributed by atoms with Gasteiger partial charge in [-0.05, 0) is 55.3 Å². The van der Waals surface area contributed by atoms with Crippen molar-refractivity contribution >= 4 is 22.1 Å². The lowest BCUT2D eigenvalue weighted by Crippen LogP contribution is -2.14. The van der Waals surface area contributed by atoms with E-state index in [1.807, 2.05) is 62.4 Å². The van der Waals surface area contributed by atoms with Crippen LogP contribution in [0, 0.1) is 13.8 Å². The molecule has 0 fully saturated rings. The number of pyridine rings is 1. The highest BCUT2D eigenvalue weighted by Crippen LogP contribution is 2.21. The summed E-state index contributed by atoms with van der Waals surface area (Å²) in [6, 6.07) is 15.9. The highest BCUT2D eigenvalue weighted by molar-refractivity contribution is 5.77. The molecule has 3 aromatic heterocycles. The first-order chi connectivity index (χ1) is 13.6. The van der Waals surface area contributed by atoms with E-state index in [0.29, 0.717) is 12.1 Å². The fourth-order valence-corrected chi connectivity index (χ4v) is 3.63. The van der Waals surface area contributed by atoms with Crippen LogP contribution < -0.4 is 5.76 Å². The van der Waals surface area contributed by atoms with Crippen LogP contribution in [0.15, 0.2) is 70.1 Å². The Balaban J connectivity index is 1.53. The molecule has 0 N–H and O–H groups in total. The first-order valence-corrected chi connectivity index (χ1v) is 9.08. The Morgan fingerprint density at radius 2 is 1.82 bits per heavy atom. The van der Waals surface area contributed by atoms with Crippen LogP contribution >= 0.6 is 0 Å². The zero-order valence-electron chi connectivity index (χ0n) is 15.6. The van der Waals surface area contributed by atoms with Gasteiger partial charge in [0.15, 0.2) is 5.58 Å². The van der Waals surface area contributed by atoms with Crippen LogP contribution in [-0.4, -0.2) is 19.1 Å². The van der Waals surface area contributed by atoms with Crippen molar-refractivity contribution in [2.45, 2.75) is 20.4 Å². The maximum Gasteiger partial charge on any atom is 0.420 e. The molecule has 0 spiro atoms. The van der Waals surface area contributed by atoms with Gasteiger partial charge in [-0.25, -0.2) is 9.78 Å². The molecule has 0 saturated carbocycles. The van der Waals surface area contributed by atoms with Crippen molar-refractivity contribution in [1.29, 1.82) is 0 Å². The Morgan fingerprint density at radius 3 is 2.64 bits per heavy atom. The first-order valence-electron chi connectivity index (χ1n) is 9.08. The second-order valence-corrected chi connectivity index (χ2v) is 6.95. The number of aryl methyl sites for hydroxylation is 2. The summed E-state index contributed by atoms with van der Waals surface area (Å²) in [5, 5.41) is 0. The molecule has 3 heterocycles. The van der Waals surface area contributed by atoms with Crippen LogP contribution in [-0.2, 0) is 6.54 Å². The Morgan fingerprint density at radius 1 is 1.00 bits per heavy atom. The number of hydrogen-bond donors (Lipinski definition) is 0. The Kier molecular flexibility index (Phi) is 3.65. The number of rotatable bonds is 3. The number of oxazole rings is 1. The van der Waals surface area contributed by atoms with Gasteiger partial charge in [-0.2, -0.15) is 0 Å². The molecular formula is C22H18N4O2. The predicted molar refractivity (Wildman–Crippen MR) is 108 cm³/mol. The number of benzene rings is 2. The van der Waals surface area contributed by atoms with Gasteiger partial charge >= 0.3 is 5.76 Å². The van der Waals surface area contributed by atoms with Crippen LogP contribution in [0.5, 0.6) is 0 Å². The summed E-state index contributed by atoms with van der Waals surface area (Å²) in [5.41, 5.74) is 6.46. The van der Waals surface area contributed by atoms with Gasteiger partial charge in [0, 0.05) is 11.9 Å². The van der Waals surface area contributed by atoms with E-state index < -0.39 is 0 Å². The van der Waals surface area contributed by atoms with Crippen molar-refractivity contribution < 1.29 is 4.42 Å². The highest BCUT2D eigenvalue weighted by atomic mass is 16.4. The minimum absolute atomic E-state index is 0.339. The third-order valence-electron chi connectivity index (χ3n) is 4.98. The molecule has 2 aromatic carbocycles. The normalized spacial score (nSPS) is 11.5. The number of nitrogens with zero attached hydrogens (tertiary/aromatic N) is 4. The molecule has 0 amide bonds. The molecule has 0 unspecified atom stereocenters. The summed E-state index contributed by atoms with van der Waals surface area (Å²) in [7, 11) is 0. The molecule has 6 heteroatoms. The molecule has 138 valence electrons. The molecule has 0 atom stereocenters. The second-order valence-electron chi connectivity index (χ2n) is 6.95. The summed E-state index contributed by atoms with van der Waals surface area (Å²) < 4.78 is 9.13. The van der Waals surface area contributed by atoms with E-state index in [9.17, 15) is 4.79 Å². The lowest BCUT2D eigenvalue weighted by Gasteiger charge is -2.09. The fraction of sp³-hybridized carbons (Fsp3) is 0.136. The van der Waals surface area contributed by atoms with E-state index in [0.717, 1.165) is 39.2 Å². The summed E-state index contributed by atoms with van der Waals surface area (Å²) >= 11 is 0. The van der Waals surface area contributed by atoms with Crippen LogP contribution in [0.3, 0.4) is 0 Å². The largest absolute Gasteiger partial charge is 0.420 e. The average molecular weight is 370 g/mol. The van der Waals surface area contributed by atoms with Crippen LogP contribution in [0.4, 0.5) is 0 Å². The van der Waals surface area contributed by atoms with E-state index >= 15 is 0 Å². The number of hydrogen-bond acceptors (Lipinski definition) is 4. The van der Waals surface area contributed by atoms with Gasteiger partial charge in [0.25, 0.3) is 0 Å². The molecule has 28 heavy (non-hydrogen) atoms. The molecule has 0 aliphatic rings. The van der Waals surface area contributed by atoms with Gasteiger partial charge in [-0.15, -0.1) is 0 Å². The maximum absolute atomic E-state index is 12.3. The van der Waals surface area contributed by atoms with Crippen molar-refractivity contribution in [3.05, 3.63) is 88.4 Å². The van der Waals surface area contributed by atoms with Gasteiger partial charge in [0.2, 0.25) is 0 Å². The fourth-order valence-electron chi connectivity index (χ4n) is 3.63. The molecule has 5 rings (SSSR count). The zero-order chi connectivity index (χ0) is 19.3. The number of fused-ring (bicyclic) bond motifs is 2. The SMILES string of the molecule is Cc1ccc2oc(=O)n(Cc3ccc(-n4c(C)nc5cnccc54)cc3)c2c1. The molecule has 0 saturated heterocycles. The minimum Gasteiger partial charge on any atom is -0.408 e. The lowest BCUT2D eigenvalue weighted by atomic mass is 10.2. The Bertz CT molecular complexity index is 1370. The van der Waals surface area contributed by atoms with E-state index in [1.165, 1.54) is 0 Å². The Labute approximate surface area is 160 Å². The summed E-state index contributed by atoms with van der Waals surface area (Å²) in [4.78, 5) is 21.0. The van der Waals surface area contributed by atoms with Gasteiger partial charge in [0.05, 0.1) is 23.8 Å². The molecule has 0 bridgehead atoms. The summed E-state index contributed by atoms with van der Waals surface area (Å²) in [6.45, 7) is 4.44.